The maximum atomic E-state index is 5.94. The van der Waals surface area contributed by atoms with E-state index in [-0.39, 0.29) is 5.92 Å². The Morgan fingerprint density at radius 3 is 2.43 bits per heavy atom. The quantitative estimate of drug-likeness (QED) is 0.371. The van der Waals surface area contributed by atoms with Crippen molar-refractivity contribution in [3.8, 4) is 17.6 Å². The van der Waals surface area contributed by atoms with E-state index in [0.29, 0.717) is 5.92 Å². The van der Waals surface area contributed by atoms with Gasteiger partial charge in [-0.3, -0.25) is 0 Å². The van der Waals surface area contributed by atoms with Crippen LogP contribution in [0.5, 0.6) is 5.75 Å². The third kappa shape index (κ3) is 7.19. The number of rotatable bonds is 6. The van der Waals surface area contributed by atoms with Crippen LogP contribution in [0.3, 0.4) is 0 Å². The third-order valence-electron chi connectivity index (χ3n) is 3.79. The summed E-state index contributed by atoms with van der Waals surface area (Å²) in [6.07, 6.45) is 3.94. The Bertz CT molecular complexity index is 597. The van der Waals surface area contributed by atoms with Gasteiger partial charge in [-0.15, -0.1) is 11.8 Å². The third-order valence-corrected chi connectivity index (χ3v) is 3.79. The molecule has 0 aliphatic heterocycles. The first-order valence-corrected chi connectivity index (χ1v) is 8.32. The largest absolute Gasteiger partial charge is 0.443 e. The first-order chi connectivity index (χ1) is 10.9. The summed E-state index contributed by atoms with van der Waals surface area (Å²) in [5.74, 6) is 8.35. The van der Waals surface area contributed by atoms with Crippen LogP contribution in [-0.2, 0) is 0 Å². The Morgan fingerprint density at radius 1 is 1.22 bits per heavy atom. The topological polar surface area (TPSA) is 21.6 Å². The standard InChI is InChI=1S/C21H29NO/c1-7-8-9-10-18(5)19(6)15-22-21(16(2)3)23-20-13-11-17(4)12-14-20/h11-16,18H,9-10H2,1-6H3/b19-15+,22-21?. The SMILES string of the molecule is CC#CCCC(C)/C(C)=C/N=C(Oc1ccc(C)cc1)C(C)C. The van der Waals surface area contributed by atoms with Crippen molar-refractivity contribution in [3.63, 3.8) is 0 Å². The Hall–Kier alpha value is -2.01. The predicted octanol–water partition coefficient (Wildman–Crippen LogP) is 5.77. The zero-order valence-electron chi connectivity index (χ0n) is 15.3. The van der Waals surface area contributed by atoms with Gasteiger partial charge >= 0.3 is 0 Å². The molecule has 0 heterocycles. The van der Waals surface area contributed by atoms with Gasteiger partial charge in [0.05, 0.1) is 0 Å². The average Bonchev–Trinajstić information content (AvgIpc) is 2.52. The Morgan fingerprint density at radius 2 is 1.87 bits per heavy atom. The molecule has 2 heteroatoms. The summed E-state index contributed by atoms with van der Waals surface area (Å²) < 4.78 is 5.94. The molecule has 0 saturated heterocycles. The normalized spacial score (nSPS) is 13.5. The molecule has 0 aliphatic carbocycles. The summed E-state index contributed by atoms with van der Waals surface area (Å²) in [5, 5.41) is 0. The van der Waals surface area contributed by atoms with Crippen LogP contribution in [0.2, 0.25) is 0 Å². The first kappa shape index (κ1) is 19.0. The van der Waals surface area contributed by atoms with Crippen molar-refractivity contribution in [2.45, 2.75) is 54.4 Å². The van der Waals surface area contributed by atoms with Gasteiger partial charge in [-0.1, -0.05) is 44.0 Å². The lowest BCUT2D eigenvalue weighted by molar-refractivity contribution is 0.506. The molecule has 0 fully saturated rings. The summed E-state index contributed by atoms with van der Waals surface area (Å²) in [6, 6.07) is 8.06. The summed E-state index contributed by atoms with van der Waals surface area (Å²) in [5.41, 5.74) is 2.48. The molecule has 0 bridgehead atoms. The van der Waals surface area contributed by atoms with Gasteiger partial charge in [0.25, 0.3) is 0 Å². The van der Waals surface area contributed by atoms with E-state index in [4.69, 9.17) is 4.74 Å². The van der Waals surface area contributed by atoms with E-state index < -0.39 is 0 Å². The van der Waals surface area contributed by atoms with Crippen LogP contribution in [-0.4, -0.2) is 5.90 Å². The number of aliphatic imine (C=N–C) groups is 1. The fourth-order valence-corrected chi connectivity index (χ4v) is 1.95. The molecule has 0 aliphatic rings. The van der Waals surface area contributed by atoms with Crippen LogP contribution in [0, 0.1) is 30.6 Å². The van der Waals surface area contributed by atoms with Crippen LogP contribution in [0.1, 0.15) is 53.0 Å². The molecule has 0 amide bonds. The van der Waals surface area contributed by atoms with Gasteiger partial charge in [-0.25, -0.2) is 4.99 Å². The number of allylic oxidation sites excluding steroid dienone is 1. The zero-order valence-corrected chi connectivity index (χ0v) is 15.3. The molecule has 1 aromatic rings. The number of hydrogen-bond acceptors (Lipinski definition) is 2. The van der Waals surface area contributed by atoms with Crippen molar-refractivity contribution < 1.29 is 4.74 Å². The van der Waals surface area contributed by atoms with Crippen molar-refractivity contribution in [2.75, 3.05) is 0 Å². The van der Waals surface area contributed by atoms with Crippen molar-refractivity contribution in [1.29, 1.82) is 0 Å². The Labute approximate surface area is 141 Å². The highest BCUT2D eigenvalue weighted by Crippen LogP contribution is 2.17. The van der Waals surface area contributed by atoms with Gasteiger partial charge < -0.3 is 4.74 Å². The van der Waals surface area contributed by atoms with Gasteiger partial charge in [0.2, 0.25) is 0 Å². The monoisotopic (exact) mass is 311 g/mol. The molecule has 1 aromatic carbocycles. The van der Waals surface area contributed by atoms with Crippen LogP contribution in [0.4, 0.5) is 0 Å². The predicted molar refractivity (Wildman–Crippen MR) is 99.7 cm³/mol. The maximum Gasteiger partial charge on any atom is 0.197 e. The van der Waals surface area contributed by atoms with E-state index >= 15 is 0 Å². The molecule has 1 atom stereocenters. The van der Waals surface area contributed by atoms with E-state index in [2.05, 4.69) is 51.5 Å². The number of ether oxygens (including phenoxy) is 1. The maximum absolute atomic E-state index is 5.94. The van der Waals surface area contributed by atoms with Crippen molar-refractivity contribution in [2.24, 2.45) is 16.8 Å². The van der Waals surface area contributed by atoms with Crippen LogP contribution >= 0.6 is 0 Å². The summed E-state index contributed by atoms with van der Waals surface area (Å²) in [6.45, 7) is 12.5. The van der Waals surface area contributed by atoms with E-state index in [1.54, 1.807) is 0 Å². The van der Waals surface area contributed by atoms with Gasteiger partial charge in [0.1, 0.15) is 5.75 Å². The second-order valence-corrected chi connectivity index (χ2v) is 6.28. The van der Waals surface area contributed by atoms with Gasteiger partial charge in [0, 0.05) is 18.5 Å². The molecule has 0 spiro atoms. The Kier molecular flexibility index (Phi) is 8.19. The van der Waals surface area contributed by atoms with Crippen molar-refractivity contribution in [3.05, 3.63) is 41.6 Å². The minimum atomic E-state index is 0.238. The van der Waals surface area contributed by atoms with Crippen LogP contribution in [0.15, 0.2) is 41.0 Å². The van der Waals surface area contributed by atoms with Crippen LogP contribution < -0.4 is 4.74 Å². The molecule has 0 aromatic heterocycles. The molecule has 1 rings (SSSR count). The second kappa shape index (κ2) is 9.90. The zero-order chi connectivity index (χ0) is 17.2. The smallest absolute Gasteiger partial charge is 0.197 e. The molecule has 2 nitrogen and oxygen atoms in total. The van der Waals surface area contributed by atoms with E-state index in [1.165, 1.54) is 11.1 Å². The van der Waals surface area contributed by atoms with E-state index in [0.717, 1.165) is 24.5 Å². The molecule has 0 N–H and O–H groups in total. The molecule has 1 unspecified atom stereocenters. The molecule has 23 heavy (non-hydrogen) atoms. The van der Waals surface area contributed by atoms with Gasteiger partial charge in [-0.2, -0.15) is 0 Å². The minimum Gasteiger partial charge on any atom is -0.443 e. The summed E-state index contributed by atoms with van der Waals surface area (Å²) >= 11 is 0. The number of nitrogens with zero attached hydrogens (tertiary/aromatic N) is 1. The lowest BCUT2D eigenvalue weighted by Crippen LogP contribution is -2.15. The fraction of sp³-hybridized carbons (Fsp3) is 0.476. The van der Waals surface area contributed by atoms with Gasteiger partial charge in [-0.05, 0) is 45.2 Å². The highest BCUT2D eigenvalue weighted by atomic mass is 16.5. The van der Waals surface area contributed by atoms with E-state index in [1.807, 2.05) is 37.4 Å². The lowest BCUT2D eigenvalue weighted by atomic mass is 9.98. The summed E-state index contributed by atoms with van der Waals surface area (Å²) in [7, 11) is 0. The molecule has 0 saturated carbocycles. The number of benzene rings is 1. The van der Waals surface area contributed by atoms with E-state index in [9.17, 15) is 0 Å². The van der Waals surface area contributed by atoms with Crippen molar-refractivity contribution >= 4 is 5.90 Å². The minimum absolute atomic E-state index is 0.238. The second-order valence-electron chi connectivity index (χ2n) is 6.28. The van der Waals surface area contributed by atoms with Crippen LogP contribution in [0.25, 0.3) is 0 Å². The van der Waals surface area contributed by atoms with Crippen molar-refractivity contribution in [1.82, 2.24) is 0 Å². The Balaban J connectivity index is 2.78. The fourth-order valence-electron chi connectivity index (χ4n) is 1.95. The highest BCUT2D eigenvalue weighted by molar-refractivity contribution is 5.81. The first-order valence-electron chi connectivity index (χ1n) is 8.32. The lowest BCUT2D eigenvalue weighted by Gasteiger charge is -2.13. The van der Waals surface area contributed by atoms with Gasteiger partial charge in [0.15, 0.2) is 5.90 Å². The number of aryl methyl sites for hydroxylation is 1. The average molecular weight is 311 g/mol. The summed E-state index contributed by atoms with van der Waals surface area (Å²) in [4.78, 5) is 4.59. The highest BCUT2D eigenvalue weighted by Gasteiger charge is 2.08. The molecular weight excluding hydrogens is 282 g/mol. The molecule has 124 valence electrons. The molecular formula is C21H29NO. The number of hydrogen-bond donors (Lipinski definition) is 0. The molecule has 0 radical (unpaired) electrons.